The van der Waals surface area contributed by atoms with Crippen LogP contribution in [-0.2, 0) is 9.59 Å². The smallest absolute Gasteiger partial charge is 0.279 e. The highest BCUT2D eigenvalue weighted by molar-refractivity contribution is 6.31. The second kappa shape index (κ2) is 10.0. The van der Waals surface area contributed by atoms with Crippen molar-refractivity contribution in [1.29, 1.82) is 0 Å². The van der Waals surface area contributed by atoms with Crippen molar-refractivity contribution >= 4 is 29.1 Å². The van der Waals surface area contributed by atoms with Crippen LogP contribution < -0.4 is 20.3 Å². The monoisotopic (exact) mass is 380 g/mol. The van der Waals surface area contributed by atoms with E-state index < -0.39 is 5.54 Å². The fraction of sp³-hybridized carbons (Fsp3) is 0.474. The van der Waals surface area contributed by atoms with Gasteiger partial charge in [-0.05, 0) is 31.0 Å². The van der Waals surface area contributed by atoms with Crippen LogP contribution in [0.1, 0.15) is 26.7 Å². The molecule has 0 saturated carbocycles. The van der Waals surface area contributed by atoms with Crippen LogP contribution in [0.3, 0.4) is 0 Å². The molecular formula is C19H27ClN3O3+. The fourth-order valence-corrected chi connectivity index (χ4v) is 2.73. The lowest BCUT2D eigenvalue weighted by atomic mass is 9.94. The molecule has 1 atom stereocenters. The molecule has 0 aliphatic rings. The molecule has 0 aliphatic carbocycles. The first-order chi connectivity index (χ1) is 12.3. The van der Waals surface area contributed by atoms with E-state index in [1.165, 1.54) is 7.11 Å². The number of anilines is 1. The highest BCUT2D eigenvalue weighted by atomic mass is 35.5. The van der Waals surface area contributed by atoms with Gasteiger partial charge in [0.15, 0.2) is 13.1 Å². The number of rotatable bonds is 9. The number of nitrogens with one attached hydrogen (secondary N) is 3. The average molecular weight is 381 g/mol. The van der Waals surface area contributed by atoms with Crippen molar-refractivity contribution in [3.05, 3.63) is 23.2 Å². The number of hydrogen-bond donors (Lipinski definition) is 3. The molecule has 0 heterocycles. The lowest BCUT2D eigenvalue weighted by Crippen LogP contribution is -3.11. The molecule has 26 heavy (non-hydrogen) atoms. The van der Waals surface area contributed by atoms with E-state index in [0.717, 1.165) is 4.90 Å². The van der Waals surface area contributed by atoms with E-state index in [4.69, 9.17) is 22.8 Å². The maximum Gasteiger partial charge on any atom is 0.279 e. The van der Waals surface area contributed by atoms with Gasteiger partial charge in [-0.1, -0.05) is 31.4 Å². The van der Waals surface area contributed by atoms with Crippen LogP contribution in [0.2, 0.25) is 5.02 Å². The minimum atomic E-state index is -0.631. The maximum absolute atomic E-state index is 12.2. The Balaban J connectivity index is 2.61. The van der Waals surface area contributed by atoms with E-state index in [1.807, 2.05) is 13.8 Å². The van der Waals surface area contributed by atoms with Crippen molar-refractivity contribution < 1.29 is 19.2 Å². The van der Waals surface area contributed by atoms with Crippen LogP contribution in [0.25, 0.3) is 0 Å². The van der Waals surface area contributed by atoms with Crippen LogP contribution in [0.4, 0.5) is 5.69 Å². The molecule has 0 radical (unpaired) electrons. The molecule has 2 amide bonds. The molecule has 1 rings (SSSR count). The third-order valence-electron chi connectivity index (χ3n) is 4.22. The Hall–Kier alpha value is -2.23. The Labute approximate surface area is 160 Å². The molecule has 0 aromatic heterocycles. The van der Waals surface area contributed by atoms with Crippen LogP contribution >= 0.6 is 11.6 Å². The van der Waals surface area contributed by atoms with Crippen molar-refractivity contribution in [3.63, 3.8) is 0 Å². The van der Waals surface area contributed by atoms with Gasteiger partial charge in [-0.3, -0.25) is 9.59 Å². The minimum Gasteiger partial charge on any atom is -0.495 e. The molecule has 1 unspecified atom stereocenters. The summed E-state index contributed by atoms with van der Waals surface area (Å²) in [5.41, 5.74) is -0.140. The number of terminal acetylenes is 1. The molecule has 0 saturated heterocycles. The predicted octanol–water partition coefficient (Wildman–Crippen LogP) is 1.11. The Bertz CT molecular complexity index is 681. The summed E-state index contributed by atoms with van der Waals surface area (Å²) in [4.78, 5) is 25.2. The molecule has 6 nitrogen and oxygen atoms in total. The van der Waals surface area contributed by atoms with E-state index >= 15 is 0 Å². The lowest BCUT2D eigenvalue weighted by Gasteiger charge is -2.27. The molecule has 142 valence electrons. The molecule has 0 aliphatic heterocycles. The first kappa shape index (κ1) is 21.8. The minimum absolute atomic E-state index is 0.115. The topological polar surface area (TPSA) is 71.9 Å². The van der Waals surface area contributed by atoms with Gasteiger partial charge in [0.2, 0.25) is 0 Å². The summed E-state index contributed by atoms with van der Waals surface area (Å²) in [7, 11) is 3.28. The van der Waals surface area contributed by atoms with E-state index in [1.54, 1.807) is 25.2 Å². The normalized spacial score (nSPS) is 12.0. The quantitative estimate of drug-likeness (QED) is 0.562. The molecule has 1 aromatic carbocycles. The van der Waals surface area contributed by atoms with E-state index in [0.29, 0.717) is 29.3 Å². The molecule has 0 spiro atoms. The van der Waals surface area contributed by atoms with Gasteiger partial charge in [0.1, 0.15) is 11.3 Å². The summed E-state index contributed by atoms with van der Waals surface area (Å²) in [6.45, 7) is 4.13. The van der Waals surface area contributed by atoms with Crippen molar-refractivity contribution in [2.45, 2.75) is 32.2 Å². The first-order valence-electron chi connectivity index (χ1n) is 8.52. The summed E-state index contributed by atoms with van der Waals surface area (Å²) < 4.78 is 5.20. The maximum atomic E-state index is 12.2. The summed E-state index contributed by atoms with van der Waals surface area (Å²) in [6.07, 6.45) is 6.86. The number of benzene rings is 1. The van der Waals surface area contributed by atoms with Gasteiger partial charge in [0, 0.05) is 5.02 Å². The zero-order chi connectivity index (χ0) is 19.7. The third kappa shape index (κ3) is 6.25. The largest absolute Gasteiger partial charge is 0.495 e. The van der Waals surface area contributed by atoms with Crippen molar-refractivity contribution in [2.24, 2.45) is 0 Å². The summed E-state index contributed by atoms with van der Waals surface area (Å²) in [5.74, 6) is 2.75. The number of hydrogen-bond acceptors (Lipinski definition) is 3. The van der Waals surface area contributed by atoms with E-state index in [9.17, 15) is 9.59 Å². The number of halogens is 1. The van der Waals surface area contributed by atoms with Gasteiger partial charge in [0.25, 0.3) is 11.8 Å². The van der Waals surface area contributed by atoms with Crippen LogP contribution in [0.5, 0.6) is 5.75 Å². The molecule has 3 N–H and O–H groups in total. The Kier molecular flexibility index (Phi) is 8.43. The highest BCUT2D eigenvalue weighted by Crippen LogP contribution is 2.27. The van der Waals surface area contributed by atoms with Crippen LogP contribution in [0, 0.1) is 12.3 Å². The van der Waals surface area contributed by atoms with Crippen LogP contribution in [-0.4, -0.2) is 44.6 Å². The Morgan fingerprint density at radius 1 is 1.27 bits per heavy atom. The zero-order valence-electron chi connectivity index (χ0n) is 15.7. The van der Waals surface area contributed by atoms with Gasteiger partial charge in [-0.2, -0.15) is 0 Å². The third-order valence-corrected chi connectivity index (χ3v) is 4.46. The number of methoxy groups -OCH3 is 1. The molecule has 0 fully saturated rings. The summed E-state index contributed by atoms with van der Waals surface area (Å²) in [6, 6.07) is 4.97. The second-order valence-electron chi connectivity index (χ2n) is 6.19. The van der Waals surface area contributed by atoms with Gasteiger partial charge >= 0.3 is 0 Å². The number of likely N-dealkylation sites (N-methyl/N-ethyl adjacent to an activating group) is 1. The van der Waals surface area contributed by atoms with Crippen molar-refractivity contribution in [1.82, 2.24) is 5.32 Å². The van der Waals surface area contributed by atoms with Crippen molar-refractivity contribution in [2.75, 3.05) is 32.6 Å². The van der Waals surface area contributed by atoms with E-state index in [2.05, 4.69) is 16.6 Å². The van der Waals surface area contributed by atoms with Gasteiger partial charge < -0.3 is 20.3 Å². The predicted molar refractivity (Wildman–Crippen MR) is 104 cm³/mol. The van der Waals surface area contributed by atoms with Gasteiger partial charge in [-0.25, -0.2) is 0 Å². The average Bonchev–Trinajstić information content (AvgIpc) is 2.59. The van der Waals surface area contributed by atoms with Crippen molar-refractivity contribution in [3.8, 4) is 18.1 Å². The standard InChI is InChI=1S/C19H26ClN3O3/c1-6-19(7-2,8-3)22-18(25)13-23(4)12-17(24)21-15-11-14(20)9-10-16(15)26-5/h1,9-11H,7-8,12-13H2,2-5H3,(H,21,24)(H,22,25)/p+1. The number of carbonyl (C=O) groups is 2. The molecular weight excluding hydrogens is 354 g/mol. The summed E-state index contributed by atoms with van der Waals surface area (Å²) in [5, 5.41) is 6.14. The second-order valence-corrected chi connectivity index (χ2v) is 6.62. The number of carbonyl (C=O) groups excluding carboxylic acids is 2. The number of amides is 2. The zero-order valence-corrected chi connectivity index (χ0v) is 16.5. The first-order valence-corrected chi connectivity index (χ1v) is 8.90. The lowest BCUT2D eigenvalue weighted by molar-refractivity contribution is -0.862. The number of quaternary nitrogens is 1. The van der Waals surface area contributed by atoms with Crippen LogP contribution in [0.15, 0.2) is 18.2 Å². The number of ether oxygens (including phenoxy) is 1. The molecule has 7 heteroatoms. The molecule has 1 aromatic rings. The van der Waals surface area contributed by atoms with Gasteiger partial charge in [-0.15, -0.1) is 6.42 Å². The highest BCUT2D eigenvalue weighted by Gasteiger charge is 2.27. The SMILES string of the molecule is C#CC(CC)(CC)NC(=O)C[NH+](C)CC(=O)Nc1cc(Cl)ccc1OC. The van der Waals surface area contributed by atoms with E-state index in [-0.39, 0.29) is 24.9 Å². The molecule has 0 bridgehead atoms. The Morgan fingerprint density at radius 3 is 2.42 bits per heavy atom. The fourth-order valence-electron chi connectivity index (χ4n) is 2.56. The summed E-state index contributed by atoms with van der Waals surface area (Å²) >= 11 is 5.95. The van der Waals surface area contributed by atoms with Gasteiger partial charge in [0.05, 0.1) is 19.8 Å². The Morgan fingerprint density at radius 2 is 1.88 bits per heavy atom.